The predicted molar refractivity (Wildman–Crippen MR) is 99.8 cm³/mol. The molecule has 0 saturated heterocycles. The number of carboxylic acids is 1. The molecular formula is C20H16N2O5. The number of aromatic hydroxyl groups is 1. The molecule has 0 bridgehead atoms. The molecule has 0 spiro atoms. The van der Waals surface area contributed by atoms with E-state index >= 15 is 0 Å². The van der Waals surface area contributed by atoms with Gasteiger partial charge < -0.3 is 19.2 Å². The molecule has 0 aliphatic rings. The van der Waals surface area contributed by atoms with Gasteiger partial charge in [0.15, 0.2) is 0 Å². The van der Waals surface area contributed by atoms with Crippen LogP contribution in [-0.4, -0.2) is 25.7 Å². The number of nitrogens with zero attached hydrogens (tertiary/aromatic N) is 2. The Morgan fingerprint density at radius 2 is 2.00 bits per heavy atom. The molecule has 4 aromatic rings. The van der Waals surface area contributed by atoms with E-state index in [2.05, 4.69) is 4.98 Å². The van der Waals surface area contributed by atoms with Gasteiger partial charge in [-0.2, -0.15) is 0 Å². The number of carbonyl (C=O) groups is 1. The van der Waals surface area contributed by atoms with E-state index in [0.717, 1.165) is 11.0 Å². The van der Waals surface area contributed by atoms with Crippen LogP contribution in [0, 0.1) is 0 Å². The highest BCUT2D eigenvalue weighted by molar-refractivity contribution is 5.86. The second-order valence-corrected chi connectivity index (χ2v) is 6.29. The van der Waals surface area contributed by atoms with Gasteiger partial charge in [-0.1, -0.05) is 12.1 Å². The average Bonchev–Trinajstić information content (AvgIpc) is 2.96. The number of imidazole rings is 1. The van der Waals surface area contributed by atoms with Gasteiger partial charge in [-0.3, -0.25) is 9.59 Å². The lowest BCUT2D eigenvalue weighted by molar-refractivity contribution is -0.137. The number of aryl methyl sites for hydroxylation is 2. The van der Waals surface area contributed by atoms with E-state index in [1.807, 2.05) is 24.3 Å². The zero-order valence-electron chi connectivity index (χ0n) is 14.5. The lowest BCUT2D eigenvalue weighted by atomic mass is 10.1. The van der Waals surface area contributed by atoms with E-state index in [1.54, 1.807) is 11.6 Å². The number of aliphatic carboxylic acids is 1. The normalized spacial score (nSPS) is 11.3. The van der Waals surface area contributed by atoms with E-state index in [9.17, 15) is 14.7 Å². The number of aromatic nitrogens is 2. The van der Waals surface area contributed by atoms with Gasteiger partial charge in [-0.15, -0.1) is 0 Å². The van der Waals surface area contributed by atoms with Crippen LogP contribution in [0.5, 0.6) is 5.75 Å². The zero-order chi connectivity index (χ0) is 19.1. The fourth-order valence-electron chi connectivity index (χ4n) is 3.22. The van der Waals surface area contributed by atoms with Crippen molar-refractivity contribution in [3.63, 3.8) is 0 Å². The summed E-state index contributed by atoms with van der Waals surface area (Å²) in [6, 6.07) is 11.7. The van der Waals surface area contributed by atoms with Crippen molar-refractivity contribution in [1.82, 2.24) is 9.55 Å². The van der Waals surface area contributed by atoms with Gasteiger partial charge in [0.2, 0.25) is 5.43 Å². The van der Waals surface area contributed by atoms with E-state index in [0.29, 0.717) is 11.2 Å². The van der Waals surface area contributed by atoms with Crippen LogP contribution >= 0.6 is 0 Å². The fraction of sp³-hybridized carbons (Fsp3) is 0.150. The Bertz CT molecular complexity index is 1250. The van der Waals surface area contributed by atoms with Crippen LogP contribution in [0.25, 0.3) is 33.4 Å². The van der Waals surface area contributed by atoms with E-state index < -0.39 is 5.97 Å². The minimum absolute atomic E-state index is 0.0364. The monoisotopic (exact) mass is 364 g/mol. The summed E-state index contributed by atoms with van der Waals surface area (Å²) in [6.45, 7) is 0. The molecule has 0 aliphatic heterocycles. The minimum atomic E-state index is -0.996. The van der Waals surface area contributed by atoms with Crippen molar-refractivity contribution in [3.05, 3.63) is 58.4 Å². The third kappa shape index (κ3) is 2.83. The largest absolute Gasteiger partial charge is 0.508 e. The number of carboxylic acid groups (broad SMARTS) is 1. The second-order valence-electron chi connectivity index (χ2n) is 6.29. The van der Waals surface area contributed by atoms with Crippen LogP contribution in [0.15, 0.2) is 51.7 Å². The van der Waals surface area contributed by atoms with Gasteiger partial charge in [0.1, 0.15) is 28.5 Å². The summed E-state index contributed by atoms with van der Waals surface area (Å²) < 4.78 is 7.62. The summed E-state index contributed by atoms with van der Waals surface area (Å²) in [5.74, 6) is -0.380. The molecule has 0 unspecified atom stereocenters. The summed E-state index contributed by atoms with van der Waals surface area (Å²) in [4.78, 5) is 28.8. The maximum atomic E-state index is 13.2. The topological polar surface area (TPSA) is 106 Å². The Labute approximate surface area is 153 Å². The number of para-hydroxylation sites is 2. The van der Waals surface area contributed by atoms with Gasteiger partial charge in [-0.25, -0.2) is 4.98 Å². The van der Waals surface area contributed by atoms with Gasteiger partial charge in [0, 0.05) is 19.5 Å². The van der Waals surface area contributed by atoms with Crippen LogP contribution in [0.4, 0.5) is 0 Å². The molecule has 7 nitrogen and oxygen atoms in total. The van der Waals surface area contributed by atoms with Crippen LogP contribution in [0.2, 0.25) is 0 Å². The maximum absolute atomic E-state index is 13.2. The van der Waals surface area contributed by atoms with Gasteiger partial charge in [0.05, 0.1) is 22.8 Å². The Balaban J connectivity index is 2.04. The van der Waals surface area contributed by atoms with Crippen LogP contribution < -0.4 is 5.43 Å². The summed E-state index contributed by atoms with van der Waals surface area (Å²) in [5.41, 5.74) is 1.72. The number of phenolic OH excluding ortho intramolecular Hbond substituents is 1. The molecule has 0 fully saturated rings. The summed E-state index contributed by atoms with van der Waals surface area (Å²) >= 11 is 0. The number of phenols is 1. The van der Waals surface area contributed by atoms with Crippen molar-refractivity contribution >= 4 is 28.0 Å². The van der Waals surface area contributed by atoms with E-state index in [1.165, 1.54) is 18.2 Å². The Kier molecular flexibility index (Phi) is 3.92. The first kappa shape index (κ1) is 16.8. The first-order valence-electron chi connectivity index (χ1n) is 8.38. The standard InChI is InChI=1S/C20H16N2O5/c1-22-14-5-3-2-4-13(14)21-20(22)18-15(8-9-17(24)25)27-16-10-11(23)6-7-12(16)19(18)26/h2-7,10,23H,8-9H2,1H3,(H,24,25). The first-order valence-corrected chi connectivity index (χ1v) is 8.38. The molecule has 0 saturated carbocycles. The molecule has 27 heavy (non-hydrogen) atoms. The molecule has 7 heteroatoms. The summed E-state index contributed by atoms with van der Waals surface area (Å²) in [6.07, 6.45) is -0.154. The van der Waals surface area contributed by atoms with E-state index in [4.69, 9.17) is 9.52 Å². The van der Waals surface area contributed by atoms with Crippen molar-refractivity contribution in [2.45, 2.75) is 12.8 Å². The molecule has 0 aliphatic carbocycles. The summed E-state index contributed by atoms with van der Waals surface area (Å²) in [5, 5.41) is 19.0. The predicted octanol–water partition coefficient (Wildman–Crippen LogP) is 3.07. The van der Waals surface area contributed by atoms with Crippen LogP contribution in [0.3, 0.4) is 0 Å². The molecule has 136 valence electrons. The molecule has 2 aromatic carbocycles. The molecule has 2 N–H and O–H groups in total. The maximum Gasteiger partial charge on any atom is 0.303 e. The minimum Gasteiger partial charge on any atom is -0.508 e. The number of hydrogen-bond acceptors (Lipinski definition) is 5. The molecule has 2 heterocycles. The highest BCUT2D eigenvalue weighted by atomic mass is 16.4. The van der Waals surface area contributed by atoms with Crippen molar-refractivity contribution in [2.24, 2.45) is 7.05 Å². The molecule has 0 amide bonds. The van der Waals surface area contributed by atoms with Crippen LogP contribution in [-0.2, 0) is 18.3 Å². The third-order valence-electron chi connectivity index (χ3n) is 4.53. The first-order chi connectivity index (χ1) is 13.0. The second kappa shape index (κ2) is 6.28. The lowest BCUT2D eigenvalue weighted by Crippen LogP contribution is -2.13. The van der Waals surface area contributed by atoms with Gasteiger partial charge in [-0.05, 0) is 24.3 Å². The lowest BCUT2D eigenvalue weighted by Gasteiger charge is -2.10. The van der Waals surface area contributed by atoms with E-state index in [-0.39, 0.29) is 40.9 Å². The Morgan fingerprint density at radius 1 is 1.22 bits per heavy atom. The number of hydrogen-bond donors (Lipinski definition) is 2. The molecule has 0 radical (unpaired) electrons. The van der Waals surface area contributed by atoms with Gasteiger partial charge >= 0.3 is 5.97 Å². The molecule has 0 atom stereocenters. The van der Waals surface area contributed by atoms with Crippen molar-refractivity contribution < 1.29 is 19.4 Å². The highest BCUT2D eigenvalue weighted by Gasteiger charge is 2.22. The number of fused-ring (bicyclic) bond motifs is 2. The summed E-state index contributed by atoms with van der Waals surface area (Å²) in [7, 11) is 1.80. The Morgan fingerprint density at radius 3 is 2.74 bits per heavy atom. The zero-order valence-corrected chi connectivity index (χ0v) is 14.5. The van der Waals surface area contributed by atoms with Gasteiger partial charge in [0.25, 0.3) is 0 Å². The number of benzene rings is 2. The van der Waals surface area contributed by atoms with Crippen LogP contribution in [0.1, 0.15) is 12.2 Å². The van der Waals surface area contributed by atoms with Crippen molar-refractivity contribution in [1.29, 1.82) is 0 Å². The third-order valence-corrected chi connectivity index (χ3v) is 4.53. The average molecular weight is 364 g/mol. The molecule has 2 aromatic heterocycles. The SMILES string of the molecule is Cn1c(-c2c(CCC(=O)O)oc3cc(O)ccc3c2=O)nc2ccccc21. The quantitative estimate of drug-likeness (QED) is 0.576. The number of rotatable bonds is 4. The highest BCUT2D eigenvalue weighted by Crippen LogP contribution is 2.29. The van der Waals surface area contributed by atoms with Crippen molar-refractivity contribution in [2.75, 3.05) is 0 Å². The van der Waals surface area contributed by atoms with Crippen molar-refractivity contribution in [3.8, 4) is 17.1 Å². The molecular weight excluding hydrogens is 348 g/mol. The Hall–Kier alpha value is -3.61. The fourth-order valence-corrected chi connectivity index (χ4v) is 3.22. The molecule has 4 rings (SSSR count). The smallest absolute Gasteiger partial charge is 0.303 e.